The van der Waals surface area contributed by atoms with E-state index in [1.54, 1.807) is 6.20 Å². The first kappa shape index (κ1) is 27.5. The zero-order valence-electron chi connectivity index (χ0n) is 22.5. The lowest BCUT2D eigenvalue weighted by atomic mass is 10.1. The number of amides is 1. The lowest BCUT2D eigenvalue weighted by Gasteiger charge is -2.38. The molecule has 1 aliphatic carbocycles. The largest absolute Gasteiger partial charge is 0.397 e. The van der Waals surface area contributed by atoms with Gasteiger partial charge in [-0.2, -0.15) is 18.3 Å². The van der Waals surface area contributed by atoms with Crippen LogP contribution in [0.5, 0.6) is 0 Å². The van der Waals surface area contributed by atoms with Gasteiger partial charge in [-0.3, -0.25) is 14.4 Å². The average Bonchev–Trinajstić information content (AvgIpc) is 3.45. The third kappa shape index (κ3) is 6.48. The summed E-state index contributed by atoms with van der Waals surface area (Å²) in [5.74, 6) is 0.947. The summed E-state index contributed by atoms with van der Waals surface area (Å²) < 4.78 is 39.8. The first-order valence-electron chi connectivity index (χ1n) is 13.6. The molecule has 0 spiro atoms. The van der Waals surface area contributed by atoms with E-state index in [2.05, 4.69) is 30.3 Å². The number of nitrogens with one attached hydrogen (secondary N) is 2. The third-order valence-electron chi connectivity index (χ3n) is 7.73. The number of imidazole rings is 1. The summed E-state index contributed by atoms with van der Waals surface area (Å²) >= 11 is 6.60. The summed E-state index contributed by atoms with van der Waals surface area (Å²) in [4.78, 5) is 27.7. The molecule has 13 heteroatoms. The van der Waals surface area contributed by atoms with E-state index in [4.69, 9.17) is 11.6 Å². The number of nitrogens with zero attached hydrogens (tertiary/aromatic N) is 6. The second-order valence-corrected chi connectivity index (χ2v) is 11.2. The van der Waals surface area contributed by atoms with Crippen LogP contribution >= 0.6 is 11.6 Å². The molecule has 1 atom stereocenters. The Bertz CT molecular complexity index is 1560. The third-order valence-corrected chi connectivity index (χ3v) is 8.02. The number of piperazine rings is 1. The van der Waals surface area contributed by atoms with Gasteiger partial charge in [0.25, 0.3) is 0 Å². The van der Waals surface area contributed by atoms with Crippen molar-refractivity contribution in [3.8, 4) is 11.1 Å². The smallest absolute Gasteiger partial charge is 0.340 e. The number of hydrogen-bond acceptors (Lipinski definition) is 6. The first-order chi connectivity index (χ1) is 19.6. The van der Waals surface area contributed by atoms with Gasteiger partial charge < -0.3 is 15.2 Å². The second kappa shape index (κ2) is 11.0. The molecule has 1 aromatic carbocycles. The van der Waals surface area contributed by atoms with Gasteiger partial charge in [-0.15, -0.1) is 0 Å². The van der Waals surface area contributed by atoms with Crippen LogP contribution in [0.1, 0.15) is 37.8 Å². The molecule has 6 rings (SSSR count). The fourth-order valence-corrected chi connectivity index (χ4v) is 5.49. The van der Waals surface area contributed by atoms with Crippen LogP contribution in [0.15, 0.2) is 42.9 Å². The van der Waals surface area contributed by atoms with Crippen LogP contribution in [0.3, 0.4) is 0 Å². The van der Waals surface area contributed by atoms with E-state index < -0.39 is 18.5 Å². The van der Waals surface area contributed by atoms with Crippen molar-refractivity contribution in [2.75, 3.05) is 31.5 Å². The molecule has 0 bridgehead atoms. The van der Waals surface area contributed by atoms with Gasteiger partial charge in [0, 0.05) is 56.7 Å². The van der Waals surface area contributed by atoms with Crippen molar-refractivity contribution in [2.45, 2.75) is 44.9 Å². The molecule has 4 heterocycles. The van der Waals surface area contributed by atoms with E-state index in [-0.39, 0.29) is 19.1 Å². The number of hydrogen-bond donors (Lipinski definition) is 2. The van der Waals surface area contributed by atoms with Crippen molar-refractivity contribution in [1.82, 2.24) is 34.5 Å². The summed E-state index contributed by atoms with van der Waals surface area (Å²) in [6.45, 7) is 4.47. The van der Waals surface area contributed by atoms with Crippen LogP contribution in [0.25, 0.3) is 22.2 Å². The fraction of sp³-hybridized carbons (Fsp3) is 0.429. The highest BCUT2D eigenvalue weighted by molar-refractivity contribution is 6.35. The van der Waals surface area contributed by atoms with Crippen LogP contribution in [-0.4, -0.2) is 72.8 Å². The number of halogens is 4. The van der Waals surface area contributed by atoms with E-state index in [1.807, 2.05) is 48.3 Å². The van der Waals surface area contributed by atoms with E-state index in [1.165, 1.54) is 17.7 Å². The highest BCUT2D eigenvalue weighted by atomic mass is 35.5. The van der Waals surface area contributed by atoms with Gasteiger partial charge in [-0.05, 0) is 61.1 Å². The Balaban J connectivity index is 1.12. The molecule has 4 aromatic rings. The predicted molar refractivity (Wildman–Crippen MR) is 150 cm³/mol. The lowest BCUT2D eigenvalue weighted by molar-refractivity contribution is -0.162. The Hall–Kier alpha value is -3.64. The zero-order valence-corrected chi connectivity index (χ0v) is 23.2. The number of aromatic amines is 1. The van der Waals surface area contributed by atoms with Crippen LogP contribution in [0.2, 0.25) is 5.02 Å². The quantitative estimate of drug-likeness (QED) is 0.272. The summed E-state index contributed by atoms with van der Waals surface area (Å²) in [6, 6.07) is 7.70. The summed E-state index contributed by atoms with van der Waals surface area (Å²) in [6.07, 6.45) is 2.22. The summed E-state index contributed by atoms with van der Waals surface area (Å²) in [5.41, 5.74) is 4.36. The molecule has 0 radical (unpaired) electrons. The minimum atomic E-state index is -4.49. The van der Waals surface area contributed by atoms with E-state index in [0.29, 0.717) is 35.4 Å². The van der Waals surface area contributed by atoms with Gasteiger partial charge in [0.15, 0.2) is 0 Å². The monoisotopic (exact) mass is 586 g/mol. The van der Waals surface area contributed by atoms with Crippen molar-refractivity contribution in [2.24, 2.45) is 5.92 Å². The predicted octanol–water partition coefficient (Wildman–Crippen LogP) is 5.79. The molecule has 3 aromatic heterocycles. The van der Waals surface area contributed by atoms with Gasteiger partial charge in [-0.25, -0.2) is 9.97 Å². The van der Waals surface area contributed by atoms with Gasteiger partial charge in [-0.1, -0.05) is 11.6 Å². The van der Waals surface area contributed by atoms with E-state index >= 15 is 0 Å². The van der Waals surface area contributed by atoms with Crippen LogP contribution in [-0.2, 0) is 11.3 Å². The number of carbonyl (C=O) groups excluding carboxylic acids is 1. The van der Waals surface area contributed by atoms with Gasteiger partial charge in [0.05, 0.1) is 16.7 Å². The topological polar surface area (TPSA) is 95.0 Å². The molecule has 41 heavy (non-hydrogen) atoms. The Morgan fingerprint density at radius 3 is 2.68 bits per heavy atom. The standard InChI is InChI=1S/C28H30ClF3N8O/c1-17(38-6-8-39(9-7-38)25(41)13-28(30,31)32)19-4-5-33-24(12-19)36-27-35-23-11-20(10-22(29)26(23)37-27)21-14-34-40(16-21)15-18-2-3-18/h4-5,10-12,14,16-18H,2-3,6-9,13,15H2,1H3,(H2,33,35,36,37). The van der Waals surface area contributed by atoms with Crippen LogP contribution < -0.4 is 5.32 Å². The molecular weight excluding hydrogens is 557 g/mol. The molecule has 2 aliphatic rings. The maximum atomic E-state index is 12.6. The number of H-pyrrole nitrogens is 1. The maximum absolute atomic E-state index is 12.6. The van der Waals surface area contributed by atoms with E-state index in [0.717, 1.165) is 34.7 Å². The summed E-state index contributed by atoms with van der Waals surface area (Å²) in [7, 11) is 0. The SMILES string of the molecule is CC(c1ccnc(Nc2nc3c(Cl)cc(-c4cnn(CC5CC5)c4)cc3[nH]2)c1)N1CCN(C(=O)CC(F)(F)F)CC1. The normalized spacial score (nSPS) is 17.2. The van der Waals surface area contributed by atoms with Crippen molar-refractivity contribution in [3.63, 3.8) is 0 Å². The highest BCUT2D eigenvalue weighted by Crippen LogP contribution is 2.33. The number of alkyl halides is 3. The van der Waals surface area contributed by atoms with Crippen LogP contribution in [0, 0.1) is 5.92 Å². The molecule has 1 unspecified atom stereocenters. The fourth-order valence-electron chi connectivity index (χ4n) is 5.23. The van der Waals surface area contributed by atoms with Crippen molar-refractivity contribution in [3.05, 3.63) is 53.4 Å². The van der Waals surface area contributed by atoms with Crippen molar-refractivity contribution < 1.29 is 18.0 Å². The summed E-state index contributed by atoms with van der Waals surface area (Å²) in [5, 5.41) is 8.24. The number of aromatic nitrogens is 5. The van der Waals surface area contributed by atoms with Gasteiger partial charge in [0.2, 0.25) is 11.9 Å². The number of anilines is 2. The minimum Gasteiger partial charge on any atom is -0.340 e. The number of pyridine rings is 1. The molecule has 2 fully saturated rings. The molecule has 9 nitrogen and oxygen atoms in total. The number of rotatable bonds is 8. The van der Waals surface area contributed by atoms with Gasteiger partial charge in [0.1, 0.15) is 17.8 Å². The minimum absolute atomic E-state index is 0.0214. The highest BCUT2D eigenvalue weighted by Gasteiger charge is 2.35. The molecule has 1 amide bonds. The number of benzene rings is 1. The Morgan fingerprint density at radius 2 is 1.95 bits per heavy atom. The number of fused-ring (bicyclic) bond motifs is 1. The van der Waals surface area contributed by atoms with Gasteiger partial charge >= 0.3 is 6.18 Å². The van der Waals surface area contributed by atoms with Crippen molar-refractivity contribution >= 4 is 40.3 Å². The Morgan fingerprint density at radius 1 is 1.17 bits per heavy atom. The Kier molecular flexibility index (Phi) is 7.37. The van der Waals surface area contributed by atoms with Crippen molar-refractivity contribution in [1.29, 1.82) is 0 Å². The average molecular weight is 587 g/mol. The molecule has 2 N–H and O–H groups in total. The Labute approximate surface area is 239 Å². The number of carbonyl (C=O) groups is 1. The lowest BCUT2D eigenvalue weighted by Crippen LogP contribution is -2.50. The molecule has 1 saturated heterocycles. The van der Waals surface area contributed by atoms with E-state index in [9.17, 15) is 18.0 Å². The zero-order chi connectivity index (χ0) is 28.7. The molecule has 1 aliphatic heterocycles. The first-order valence-corrected chi connectivity index (χ1v) is 14.0. The second-order valence-electron chi connectivity index (χ2n) is 10.8. The molecule has 216 valence electrons. The molecule has 1 saturated carbocycles. The van der Waals surface area contributed by atoms with Crippen LogP contribution in [0.4, 0.5) is 24.9 Å². The maximum Gasteiger partial charge on any atom is 0.397 e. The molecular formula is C28H30ClF3N8O.